The molecule has 1 N–H and O–H groups in total. The Morgan fingerprint density at radius 1 is 1.16 bits per heavy atom. The fraction of sp³-hybridized carbons (Fsp3) is 0.333. The number of aromatic nitrogens is 2. The van der Waals surface area contributed by atoms with Crippen molar-refractivity contribution in [1.29, 1.82) is 5.26 Å². The summed E-state index contributed by atoms with van der Waals surface area (Å²) >= 11 is 0. The van der Waals surface area contributed by atoms with E-state index in [-0.39, 0.29) is 5.92 Å². The van der Waals surface area contributed by atoms with Crippen molar-refractivity contribution < 1.29 is 14.3 Å². The second-order valence-electron chi connectivity index (χ2n) is 8.04. The summed E-state index contributed by atoms with van der Waals surface area (Å²) in [6.45, 7) is 8.71. The second kappa shape index (κ2) is 8.60. The first-order valence-corrected chi connectivity index (χ1v) is 10.1. The molecule has 0 saturated heterocycles. The van der Waals surface area contributed by atoms with Crippen molar-refractivity contribution in [2.75, 3.05) is 0 Å². The Kier molecular flexibility index (Phi) is 6.11. The van der Waals surface area contributed by atoms with Gasteiger partial charge in [-0.2, -0.15) is 5.26 Å². The van der Waals surface area contributed by atoms with Gasteiger partial charge in [0, 0.05) is 5.69 Å². The minimum atomic E-state index is -1.04. The van der Waals surface area contributed by atoms with Crippen LogP contribution in [-0.2, 0) is 9.53 Å². The lowest BCUT2D eigenvalue weighted by Crippen LogP contribution is -2.52. The molecule has 3 aromatic rings. The van der Waals surface area contributed by atoms with Crippen molar-refractivity contribution in [3.8, 4) is 11.8 Å². The van der Waals surface area contributed by atoms with Crippen LogP contribution in [0.15, 0.2) is 48.5 Å². The van der Waals surface area contributed by atoms with Gasteiger partial charge in [0.25, 0.3) is 5.91 Å². The van der Waals surface area contributed by atoms with E-state index in [0.717, 1.165) is 17.0 Å². The minimum absolute atomic E-state index is 0.102. The highest BCUT2D eigenvalue weighted by atomic mass is 16.5. The van der Waals surface area contributed by atoms with Gasteiger partial charge in [-0.15, -0.1) is 0 Å². The number of rotatable bonds is 6. The number of nitriles is 1. The van der Waals surface area contributed by atoms with Crippen LogP contribution >= 0.6 is 0 Å². The summed E-state index contributed by atoms with van der Waals surface area (Å²) in [5.41, 5.74) is 1.77. The van der Waals surface area contributed by atoms with Gasteiger partial charge < -0.3 is 10.1 Å². The molecule has 0 aliphatic heterocycles. The maximum atomic E-state index is 12.6. The highest BCUT2D eigenvalue weighted by Gasteiger charge is 2.32. The van der Waals surface area contributed by atoms with Gasteiger partial charge in [0.05, 0.1) is 22.7 Å². The molecular weight excluding hydrogens is 392 g/mol. The maximum Gasteiger partial charge on any atom is 0.338 e. The highest BCUT2D eigenvalue weighted by Crippen LogP contribution is 2.23. The van der Waals surface area contributed by atoms with Gasteiger partial charge in [-0.1, -0.05) is 32.0 Å². The lowest BCUT2D eigenvalue weighted by Gasteiger charge is -2.28. The quantitative estimate of drug-likeness (QED) is 0.612. The number of esters is 1. The summed E-state index contributed by atoms with van der Waals surface area (Å²) in [4.78, 5) is 29.6. The summed E-state index contributed by atoms with van der Waals surface area (Å²) < 4.78 is 7.35. The average molecular weight is 418 g/mol. The van der Waals surface area contributed by atoms with E-state index in [1.807, 2.05) is 61.7 Å². The topological polar surface area (TPSA) is 97.0 Å². The number of fused-ring (bicyclic) bond motifs is 1. The number of imidazole rings is 1. The van der Waals surface area contributed by atoms with Crippen LogP contribution in [-0.4, -0.2) is 33.1 Å². The SMILES string of the molecule is Cc1nc2cc(C(=O)O[C@@H](C)C(=O)N[C@@](C)(C#N)C(C)C)ccc2n1-c1ccccc1. The Balaban J connectivity index is 1.79. The molecule has 3 rings (SSSR count). The third-order valence-corrected chi connectivity index (χ3v) is 5.50. The normalized spacial score (nSPS) is 14.0. The fourth-order valence-electron chi connectivity index (χ4n) is 3.17. The molecule has 0 radical (unpaired) electrons. The van der Waals surface area contributed by atoms with Gasteiger partial charge >= 0.3 is 5.97 Å². The molecule has 31 heavy (non-hydrogen) atoms. The van der Waals surface area contributed by atoms with Crippen LogP contribution in [0.3, 0.4) is 0 Å². The van der Waals surface area contributed by atoms with Gasteiger partial charge in [0.2, 0.25) is 0 Å². The standard InChI is InChI=1S/C24H26N4O3/c1-15(2)24(5,14-25)27-22(29)16(3)31-23(30)18-11-12-21-20(13-18)26-17(4)28(21)19-9-7-6-8-10-19/h6-13,15-16H,1-5H3,(H,27,29)/t16-,24-/m0/s1. The van der Waals surface area contributed by atoms with Gasteiger partial charge in [-0.25, -0.2) is 9.78 Å². The molecular formula is C24H26N4O3. The number of carbonyl (C=O) groups excluding carboxylic acids is 2. The van der Waals surface area contributed by atoms with E-state index in [2.05, 4.69) is 16.4 Å². The first-order chi connectivity index (χ1) is 14.7. The molecule has 0 spiro atoms. The molecule has 2 aromatic carbocycles. The Labute approximate surface area is 181 Å². The number of nitrogens with zero attached hydrogens (tertiary/aromatic N) is 3. The fourth-order valence-corrected chi connectivity index (χ4v) is 3.17. The average Bonchev–Trinajstić information content (AvgIpc) is 3.08. The van der Waals surface area contributed by atoms with Gasteiger partial charge in [0.15, 0.2) is 6.10 Å². The molecule has 1 heterocycles. The molecule has 0 unspecified atom stereocenters. The Bertz CT molecular complexity index is 1160. The van der Waals surface area contributed by atoms with Crippen molar-refractivity contribution >= 4 is 22.9 Å². The zero-order valence-electron chi connectivity index (χ0n) is 18.3. The molecule has 160 valence electrons. The van der Waals surface area contributed by atoms with Crippen LogP contribution in [0.2, 0.25) is 0 Å². The number of aryl methyl sites for hydroxylation is 1. The largest absolute Gasteiger partial charge is 0.449 e. The third kappa shape index (κ3) is 4.43. The summed E-state index contributed by atoms with van der Waals surface area (Å²) in [5.74, 6) is -0.449. The zero-order valence-corrected chi connectivity index (χ0v) is 18.3. The molecule has 1 aromatic heterocycles. The van der Waals surface area contributed by atoms with Crippen molar-refractivity contribution in [1.82, 2.24) is 14.9 Å². The van der Waals surface area contributed by atoms with Gasteiger partial charge in [0.1, 0.15) is 11.4 Å². The molecule has 7 heteroatoms. The van der Waals surface area contributed by atoms with Gasteiger partial charge in [-0.3, -0.25) is 9.36 Å². The van der Waals surface area contributed by atoms with Crippen LogP contribution in [0.4, 0.5) is 0 Å². The van der Waals surface area contributed by atoms with Crippen LogP contribution in [0, 0.1) is 24.2 Å². The second-order valence-corrected chi connectivity index (χ2v) is 8.04. The van der Waals surface area contributed by atoms with E-state index in [0.29, 0.717) is 11.1 Å². The van der Waals surface area contributed by atoms with E-state index < -0.39 is 23.5 Å². The van der Waals surface area contributed by atoms with E-state index in [4.69, 9.17) is 4.74 Å². The van der Waals surface area contributed by atoms with Crippen molar-refractivity contribution in [3.05, 3.63) is 59.9 Å². The highest BCUT2D eigenvalue weighted by molar-refractivity contribution is 5.95. The Morgan fingerprint density at radius 2 is 1.84 bits per heavy atom. The third-order valence-electron chi connectivity index (χ3n) is 5.50. The molecule has 0 bridgehead atoms. The lowest BCUT2D eigenvalue weighted by atomic mass is 9.90. The first kappa shape index (κ1) is 22.0. The monoisotopic (exact) mass is 418 g/mol. The smallest absolute Gasteiger partial charge is 0.338 e. The molecule has 0 saturated carbocycles. The van der Waals surface area contributed by atoms with E-state index in [9.17, 15) is 14.9 Å². The summed E-state index contributed by atoms with van der Waals surface area (Å²) in [6, 6.07) is 17.1. The summed E-state index contributed by atoms with van der Waals surface area (Å²) in [5, 5.41) is 12.0. The number of carbonyl (C=O) groups is 2. The van der Waals surface area contributed by atoms with Crippen molar-refractivity contribution in [2.24, 2.45) is 5.92 Å². The number of hydrogen-bond acceptors (Lipinski definition) is 5. The number of ether oxygens (including phenoxy) is 1. The number of amides is 1. The van der Waals surface area contributed by atoms with E-state index in [1.165, 1.54) is 6.92 Å². The number of para-hydroxylation sites is 1. The number of nitrogens with one attached hydrogen (secondary N) is 1. The van der Waals surface area contributed by atoms with E-state index >= 15 is 0 Å². The zero-order chi connectivity index (χ0) is 22.8. The molecule has 2 atom stereocenters. The van der Waals surface area contributed by atoms with Crippen LogP contribution in [0.5, 0.6) is 0 Å². The first-order valence-electron chi connectivity index (χ1n) is 10.1. The number of hydrogen-bond donors (Lipinski definition) is 1. The maximum absolute atomic E-state index is 12.6. The van der Waals surface area contributed by atoms with E-state index in [1.54, 1.807) is 19.1 Å². The summed E-state index contributed by atoms with van der Waals surface area (Å²) in [7, 11) is 0. The van der Waals surface area contributed by atoms with Gasteiger partial charge in [-0.05, 0) is 57.0 Å². The summed E-state index contributed by atoms with van der Waals surface area (Å²) in [6.07, 6.45) is -1.04. The molecule has 0 fully saturated rings. The predicted molar refractivity (Wildman–Crippen MR) is 118 cm³/mol. The lowest BCUT2D eigenvalue weighted by molar-refractivity contribution is -0.130. The Hall–Kier alpha value is -3.66. The molecule has 0 aliphatic carbocycles. The van der Waals surface area contributed by atoms with Crippen molar-refractivity contribution in [3.63, 3.8) is 0 Å². The Morgan fingerprint density at radius 3 is 2.45 bits per heavy atom. The number of benzene rings is 2. The molecule has 1 amide bonds. The van der Waals surface area contributed by atoms with Crippen molar-refractivity contribution in [2.45, 2.75) is 46.3 Å². The predicted octanol–water partition coefficient (Wildman–Crippen LogP) is 3.93. The molecule has 0 aliphatic rings. The van der Waals surface area contributed by atoms with Crippen LogP contribution < -0.4 is 5.32 Å². The van der Waals surface area contributed by atoms with Crippen LogP contribution in [0.1, 0.15) is 43.9 Å². The molecule has 7 nitrogen and oxygen atoms in total. The van der Waals surface area contributed by atoms with Crippen LogP contribution in [0.25, 0.3) is 16.7 Å². The minimum Gasteiger partial charge on any atom is -0.449 e.